The molecule has 0 saturated carbocycles. The smallest absolute Gasteiger partial charge is 0.285 e. The van der Waals surface area contributed by atoms with Crippen molar-refractivity contribution < 1.29 is 24.1 Å². The Morgan fingerprint density at radius 1 is 1.57 bits per heavy atom. The molecule has 0 amide bonds. The van der Waals surface area contributed by atoms with Gasteiger partial charge in [0.15, 0.2) is 0 Å². The summed E-state index contributed by atoms with van der Waals surface area (Å²) < 4.78 is 18.7. The minimum Gasteiger partial charge on any atom is -0.285 e. The van der Waals surface area contributed by atoms with Crippen LogP contribution in [0.1, 0.15) is 0 Å². The first-order chi connectivity index (χ1) is 3.18. The van der Waals surface area contributed by atoms with Gasteiger partial charge in [-0.3, -0.25) is 4.89 Å². The minimum atomic E-state index is -3.27. The van der Waals surface area contributed by atoms with Crippen LogP contribution in [0.25, 0.3) is 0 Å². The highest BCUT2D eigenvalue weighted by Crippen LogP contribution is 2.04. The molecule has 0 fully saturated rings. The van der Waals surface area contributed by atoms with Gasteiger partial charge >= 0.3 is 13.4 Å². The Kier molecular flexibility index (Phi) is 2.26. The molecule has 0 unspecified atom stereocenters. The standard InChI is InChI=1S/CHO5P/c2-1(6-3)7(4)5/h3H. The maximum Gasteiger partial charge on any atom is 0.462 e. The highest BCUT2D eigenvalue weighted by atomic mass is 31.1. The van der Waals surface area contributed by atoms with Crippen LogP contribution in [0.3, 0.4) is 0 Å². The molecule has 0 aliphatic rings. The van der Waals surface area contributed by atoms with Gasteiger partial charge in [-0.1, -0.05) is 0 Å². The summed E-state index contributed by atoms with van der Waals surface area (Å²) in [4.78, 5) is 12.2. The van der Waals surface area contributed by atoms with E-state index in [4.69, 9.17) is 5.26 Å². The SMILES string of the molecule is O=C(OO)P(=O)=O. The maximum absolute atomic E-state index is 9.44. The van der Waals surface area contributed by atoms with Gasteiger partial charge in [-0.15, -0.1) is 0 Å². The summed E-state index contributed by atoms with van der Waals surface area (Å²) in [6.45, 7) is 0. The van der Waals surface area contributed by atoms with Crippen LogP contribution in [0, 0.1) is 0 Å². The average Bonchev–Trinajstić information content (AvgIpc) is 1.65. The number of hydrogen-bond donors (Lipinski definition) is 1. The van der Waals surface area contributed by atoms with Gasteiger partial charge in [-0.25, -0.2) is 13.9 Å². The van der Waals surface area contributed by atoms with Crippen molar-refractivity contribution in [3.05, 3.63) is 0 Å². The Labute approximate surface area is 38.6 Å². The van der Waals surface area contributed by atoms with E-state index in [0.29, 0.717) is 0 Å². The first-order valence-corrected chi connectivity index (χ1v) is 2.36. The van der Waals surface area contributed by atoms with Gasteiger partial charge in [0.1, 0.15) is 0 Å². The van der Waals surface area contributed by atoms with Crippen LogP contribution in [-0.4, -0.2) is 11.0 Å². The summed E-state index contributed by atoms with van der Waals surface area (Å²) in [6.07, 6.45) is 0. The Morgan fingerprint density at radius 2 is 2.00 bits per heavy atom. The molecule has 7 heavy (non-hydrogen) atoms. The molecule has 0 aromatic carbocycles. The molecule has 0 spiro atoms. The van der Waals surface area contributed by atoms with E-state index in [-0.39, 0.29) is 0 Å². The van der Waals surface area contributed by atoms with E-state index in [2.05, 4.69) is 4.89 Å². The molecule has 0 bridgehead atoms. The first kappa shape index (κ1) is 6.33. The van der Waals surface area contributed by atoms with Crippen LogP contribution < -0.4 is 0 Å². The van der Waals surface area contributed by atoms with Gasteiger partial charge in [0.25, 0.3) is 0 Å². The molecule has 0 radical (unpaired) electrons. The Morgan fingerprint density at radius 3 is 2.00 bits per heavy atom. The van der Waals surface area contributed by atoms with Crippen LogP contribution in [0.15, 0.2) is 0 Å². The zero-order chi connectivity index (χ0) is 5.86. The fourth-order valence-electron chi connectivity index (χ4n) is 0.0333. The zero-order valence-corrected chi connectivity index (χ0v) is 3.92. The number of carbonyl (C=O) groups excluding carboxylic acids is 1. The minimum absolute atomic E-state index is 1.64. The topological polar surface area (TPSA) is 80.7 Å². The largest absolute Gasteiger partial charge is 0.462 e. The van der Waals surface area contributed by atoms with Crippen LogP contribution in [0.4, 0.5) is 4.79 Å². The fourth-order valence-corrected chi connectivity index (χ4v) is 0.100. The Balaban J connectivity index is 3.83. The van der Waals surface area contributed by atoms with Gasteiger partial charge < -0.3 is 0 Å². The summed E-state index contributed by atoms with van der Waals surface area (Å²) in [5, 5.41) is 7.27. The predicted molar refractivity (Wildman–Crippen MR) is 17.4 cm³/mol. The van der Waals surface area contributed by atoms with E-state index < -0.39 is 13.4 Å². The van der Waals surface area contributed by atoms with E-state index in [1.54, 1.807) is 0 Å². The number of rotatable bonds is 1. The summed E-state index contributed by atoms with van der Waals surface area (Å²) in [7, 11) is -3.27. The lowest BCUT2D eigenvalue weighted by Crippen LogP contribution is -1.84. The van der Waals surface area contributed by atoms with Crippen LogP contribution >= 0.6 is 7.68 Å². The third-order valence-electron chi connectivity index (χ3n) is 0.227. The van der Waals surface area contributed by atoms with Gasteiger partial charge in [0, 0.05) is 0 Å². The number of hydrogen-bond acceptors (Lipinski definition) is 5. The molecule has 0 aliphatic carbocycles. The molecule has 0 aromatic rings. The molecule has 0 heterocycles. The molecule has 0 saturated heterocycles. The fraction of sp³-hybridized carbons (Fsp3) is 0. The van der Waals surface area contributed by atoms with Crippen LogP contribution in [-0.2, 0) is 14.0 Å². The van der Waals surface area contributed by atoms with E-state index in [1.165, 1.54) is 0 Å². The molecule has 0 aliphatic heterocycles. The lowest BCUT2D eigenvalue weighted by atomic mass is 11.6. The van der Waals surface area contributed by atoms with Crippen molar-refractivity contribution in [3.63, 3.8) is 0 Å². The monoisotopic (exact) mass is 124 g/mol. The van der Waals surface area contributed by atoms with E-state index >= 15 is 0 Å². The van der Waals surface area contributed by atoms with Crippen molar-refractivity contribution in [1.29, 1.82) is 0 Å². The van der Waals surface area contributed by atoms with Gasteiger partial charge in [-0.05, 0) is 0 Å². The van der Waals surface area contributed by atoms with Gasteiger partial charge in [0.05, 0.1) is 0 Å². The van der Waals surface area contributed by atoms with E-state index in [0.717, 1.165) is 0 Å². The summed E-state index contributed by atoms with van der Waals surface area (Å²) in [5.41, 5.74) is -1.64. The number of carbonyl (C=O) groups is 1. The molecule has 1 N–H and O–H groups in total. The average molecular weight is 124 g/mol. The second-order valence-corrected chi connectivity index (χ2v) is 1.49. The third kappa shape index (κ3) is 2.08. The normalized spacial score (nSPS) is 7.57. The molecule has 0 rings (SSSR count). The molecule has 5 nitrogen and oxygen atoms in total. The second kappa shape index (κ2) is 2.49. The van der Waals surface area contributed by atoms with Gasteiger partial charge in [0.2, 0.25) is 0 Å². The van der Waals surface area contributed by atoms with Crippen molar-refractivity contribution in [3.8, 4) is 0 Å². The second-order valence-electron chi connectivity index (χ2n) is 0.614. The third-order valence-corrected chi connectivity index (χ3v) is 0.607. The van der Waals surface area contributed by atoms with Crippen molar-refractivity contribution in [2.24, 2.45) is 0 Å². The zero-order valence-electron chi connectivity index (χ0n) is 3.03. The van der Waals surface area contributed by atoms with Crippen molar-refractivity contribution >= 4 is 13.4 Å². The van der Waals surface area contributed by atoms with E-state index in [9.17, 15) is 13.9 Å². The summed E-state index contributed by atoms with van der Waals surface area (Å²) in [5.74, 6) is 0. The quantitative estimate of drug-likeness (QED) is 0.317. The summed E-state index contributed by atoms with van der Waals surface area (Å²) >= 11 is 0. The van der Waals surface area contributed by atoms with Gasteiger partial charge in [-0.2, -0.15) is 5.26 Å². The highest BCUT2D eigenvalue weighted by molar-refractivity contribution is 7.51. The van der Waals surface area contributed by atoms with Crippen LogP contribution in [0.5, 0.6) is 0 Å². The lowest BCUT2D eigenvalue weighted by Gasteiger charge is -1.75. The summed E-state index contributed by atoms with van der Waals surface area (Å²) in [6, 6.07) is 0. The van der Waals surface area contributed by atoms with Crippen molar-refractivity contribution in [2.75, 3.05) is 0 Å². The first-order valence-electron chi connectivity index (χ1n) is 1.18. The van der Waals surface area contributed by atoms with Crippen molar-refractivity contribution in [1.82, 2.24) is 0 Å². The maximum atomic E-state index is 9.44. The predicted octanol–water partition coefficient (Wildman–Crippen LogP) is 0.769. The Hall–Kier alpha value is -0.670. The molecular formula is CHO5P. The van der Waals surface area contributed by atoms with E-state index in [1.807, 2.05) is 0 Å². The lowest BCUT2D eigenvalue weighted by molar-refractivity contribution is -0.167. The molecule has 6 heteroatoms. The molecule has 40 valence electrons. The molecular weight excluding hydrogens is 123 g/mol. The van der Waals surface area contributed by atoms with Crippen LogP contribution in [0.2, 0.25) is 0 Å². The molecule has 0 atom stereocenters. The van der Waals surface area contributed by atoms with Crippen molar-refractivity contribution in [2.45, 2.75) is 0 Å². The molecule has 0 aromatic heterocycles. The highest BCUT2D eigenvalue weighted by Gasteiger charge is 2.06. The Bertz CT molecular complexity index is 125.